The molecule has 21 heavy (non-hydrogen) atoms. The fourth-order valence-electron chi connectivity index (χ4n) is 2.98. The monoisotopic (exact) mass is 293 g/mol. The Morgan fingerprint density at radius 3 is 2.52 bits per heavy atom. The van der Waals surface area contributed by atoms with Crippen LogP contribution in [0.3, 0.4) is 0 Å². The number of hydrogen-bond donors (Lipinski definition) is 1. The Morgan fingerprint density at radius 1 is 1.19 bits per heavy atom. The van der Waals surface area contributed by atoms with Crippen molar-refractivity contribution in [3.8, 4) is 11.5 Å². The highest BCUT2D eigenvalue weighted by Gasteiger charge is 2.45. The number of nitrogens with two attached hydrogens (primary N) is 1. The Kier molecular flexibility index (Phi) is 4.33. The zero-order chi connectivity index (χ0) is 14.7. The minimum atomic E-state index is -0.480. The van der Waals surface area contributed by atoms with Gasteiger partial charge in [0.1, 0.15) is 17.6 Å². The molecule has 1 saturated carbocycles. The molecular formula is C16H23NO4. The third-order valence-corrected chi connectivity index (χ3v) is 4.08. The average molecular weight is 293 g/mol. The normalized spacial score (nSPS) is 27.7. The van der Waals surface area contributed by atoms with Crippen LogP contribution in [0.5, 0.6) is 11.5 Å². The van der Waals surface area contributed by atoms with Gasteiger partial charge in [-0.05, 0) is 37.6 Å². The summed E-state index contributed by atoms with van der Waals surface area (Å²) in [7, 11) is 0. The number of benzene rings is 1. The number of ether oxygens (including phenoxy) is 4. The van der Waals surface area contributed by atoms with Gasteiger partial charge in [0.2, 0.25) is 0 Å². The van der Waals surface area contributed by atoms with Gasteiger partial charge in [-0.15, -0.1) is 0 Å². The molecule has 1 aliphatic heterocycles. The van der Waals surface area contributed by atoms with Crippen LogP contribution < -0.4 is 15.2 Å². The van der Waals surface area contributed by atoms with Crippen LogP contribution >= 0.6 is 0 Å². The second-order valence-electron chi connectivity index (χ2n) is 5.57. The molecule has 0 bridgehead atoms. The van der Waals surface area contributed by atoms with Crippen LogP contribution in [0.15, 0.2) is 24.3 Å². The molecule has 1 aliphatic carbocycles. The van der Waals surface area contributed by atoms with E-state index in [1.54, 1.807) is 0 Å². The average Bonchev–Trinajstić information content (AvgIpc) is 2.94. The predicted octanol–water partition coefficient (Wildman–Crippen LogP) is 2.09. The molecule has 2 unspecified atom stereocenters. The maximum Gasteiger partial charge on any atom is 0.172 e. The summed E-state index contributed by atoms with van der Waals surface area (Å²) in [4.78, 5) is 0. The van der Waals surface area contributed by atoms with Crippen molar-refractivity contribution in [3.05, 3.63) is 24.3 Å². The van der Waals surface area contributed by atoms with Crippen LogP contribution in [0.1, 0.15) is 26.2 Å². The van der Waals surface area contributed by atoms with Gasteiger partial charge in [0.05, 0.1) is 19.8 Å². The fourth-order valence-corrected chi connectivity index (χ4v) is 2.98. The quantitative estimate of drug-likeness (QED) is 0.921. The van der Waals surface area contributed by atoms with Gasteiger partial charge < -0.3 is 24.7 Å². The van der Waals surface area contributed by atoms with Gasteiger partial charge in [0.25, 0.3) is 0 Å². The summed E-state index contributed by atoms with van der Waals surface area (Å²) >= 11 is 0. The highest BCUT2D eigenvalue weighted by Crippen LogP contribution is 2.37. The highest BCUT2D eigenvalue weighted by molar-refractivity contribution is 5.31. The second kappa shape index (κ2) is 6.22. The first-order valence-corrected chi connectivity index (χ1v) is 7.64. The molecule has 1 aromatic carbocycles. The topological polar surface area (TPSA) is 62.9 Å². The molecular weight excluding hydrogens is 270 g/mol. The van der Waals surface area contributed by atoms with Crippen molar-refractivity contribution in [3.63, 3.8) is 0 Å². The first kappa shape index (κ1) is 14.6. The summed E-state index contributed by atoms with van der Waals surface area (Å²) in [6.07, 6.45) is 2.29. The summed E-state index contributed by atoms with van der Waals surface area (Å²) in [5.41, 5.74) is 6.19. The van der Waals surface area contributed by atoms with Crippen molar-refractivity contribution in [2.24, 2.45) is 5.73 Å². The van der Waals surface area contributed by atoms with Crippen LogP contribution in [-0.2, 0) is 9.47 Å². The van der Waals surface area contributed by atoms with Crippen molar-refractivity contribution < 1.29 is 18.9 Å². The summed E-state index contributed by atoms with van der Waals surface area (Å²) < 4.78 is 23.0. The fraction of sp³-hybridized carbons (Fsp3) is 0.625. The molecule has 2 atom stereocenters. The van der Waals surface area contributed by atoms with E-state index in [-0.39, 0.29) is 12.1 Å². The Bertz CT molecular complexity index is 456. The molecule has 1 spiro atoms. The standard InChI is InChI=1S/C16H23NO4/c1-2-18-12-3-5-13(6-4-12)21-15-11-16(8-7-14(15)17)19-9-10-20-16/h3-6,14-15H,2,7-11,17H2,1H3. The third kappa shape index (κ3) is 3.31. The highest BCUT2D eigenvalue weighted by atomic mass is 16.7. The third-order valence-electron chi connectivity index (χ3n) is 4.08. The largest absolute Gasteiger partial charge is 0.494 e. The first-order valence-electron chi connectivity index (χ1n) is 7.64. The Hall–Kier alpha value is -1.30. The molecule has 5 heteroatoms. The number of hydrogen-bond acceptors (Lipinski definition) is 5. The SMILES string of the molecule is CCOc1ccc(OC2CC3(CCC2N)OCCO3)cc1. The molecule has 0 aromatic heterocycles. The van der Waals surface area contributed by atoms with Crippen molar-refractivity contribution in [2.75, 3.05) is 19.8 Å². The van der Waals surface area contributed by atoms with Gasteiger partial charge in [-0.3, -0.25) is 0 Å². The zero-order valence-electron chi connectivity index (χ0n) is 12.4. The van der Waals surface area contributed by atoms with Gasteiger partial charge in [-0.2, -0.15) is 0 Å². The predicted molar refractivity (Wildman–Crippen MR) is 78.5 cm³/mol. The van der Waals surface area contributed by atoms with E-state index in [2.05, 4.69) is 0 Å². The molecule has 2 fully saturated rings. The van der Waals surface area contributed by atoms with E-state index in [0.717, 1.165) is 24.3 Å². The maximum absolute atomic E-state index is 6.19. The molecule has 1 saturated heterocycles. The lowest BCUT2D eigenvalue weighted by Gasteiger charge is -2.39. The van der Waals surface area contributed by atoms with Crippen molar-refractivity contribution in [2.45, 2.75) is 44.1 Å². The summed E-state index contributed by atoms with van der Waals surface area (Å²) in [5.74, 6) is 1.16. The van der Waals surface area contributed by atoms with E-state index >= 15 is 0 Å². The van der Waals surface area contributed by atoms with E-state index < -0.39 is 5.79 Å². The van der Waals surface area contributed by atoms with E-state index in [9.17, 15) is 0 Å². The molecule has 2 aliphatic rings. The van der Waals surface area contributed by atoms with Crippen molar-refractivity contribution >= 4 is 0 Å². The van der Waals surface area contributed by atoms with Crippen LogP contribution in [0.4, 0.5) is 0 Å². The van der Waals surface area contributed by atoms with E-state index in [1.165, 1.54) is 0 Å². The second-order valence-corrected chi connectivity index (χ2v) is 5.57. The van der Waals surface area contributed by atoms with E-state index in [0.29, 0.717) is 26.2 Å². The van der Waals surface area contributed by atoms with Crippen LogP contribution in [0.25, 0.3) is 0 Å². The Balaban J connectivity index is 1.64. The summed E-state index contributed by atoms with van der Waals surface area (Å²) in [6.45, 7) is 3.94. The lowest BCUT2D eigenvalue weighted by molar-refractivity contribution is -0.195. The smallest absolute Gasteiger partial charge is 0.172 e. The molecule has 0 radical (unpaired) electrons. The van der Waals surface area contributed by atoms with Crippen LogP contribution in [0.2, 0.25) is 0 Å². The molecule has 5 nitrogen and oxygen atoms in total. The molecule has 1 aromatic rings. The molecule has 116 valence electrons. The lowest BCUT2D eigenvalue weighted by atomic mass is 9.88. The zero-order valence-corrected chi connectivity index (χ0v) is 12.4. The summed E-state index contributed by atoms with van der Waals surface area (Å²) in [6, 6.07) is 7.65. The van der Waals surface area contributed by atoms with Crippen molar-refractivity contribution in [1.29, 1.82) is 0 Å². The van der Waals surface area contributed by atoms with Crippen LogP contribution in [0, 0.1) is 0 Å². The van der Waals surface area contributed by atoms with Crippen LogP contribution in [-0.4, -0.2) is 37.8 Å². The Labute approximate surface area is 125 Å². The lowest BCUT2D eigenvalue weighted by Crippen LogP contribution is -2.51. The minimum absolute atomic E-state index is 0.00925. The molecule has 1 heterocycles. The summed E-state index contributed by atoms with van der Waals surface area (Å²) in [5, 5.41) is 0. The molecule has 2 N–H and O–H groups in total. The molecule has 3 rings (SSSR count). The first-order chi connectivity index (χ1) is 10.2. The maximum atomic E-state index is 6.19. The van der Waals surface area contributed by atoms with Gasteiger partial charge in [0, 0.05) is 18.9 Å². The number of rotatable bonds is 4. The minimum Gasteiger partial charge on any atom is -0.494 e. The van der Waals surface area contributed by atoms with E-state index in [4.69, 9.17) is 24.7 Å². The molecule has 0 amide bonds. The van der Waals surface area contributed by atoms with Gasteiger partial charge in [-0.25, -0.2) is 0 Å². The van der Waals surface area contributed by atoms with Gasteiger partial charge in [-0.1, -0.05) is 0 Å². The van der Waals surface area contributed by atoms with Gasteiger partial charge >= 0.3 is 0 Å². The van der Waals surface area contributed by atoms with E-state index in [1.807, 2.05) is 31.2 Å². The van der Waals surface area contributed by atoms with Gasteiger partial charge in [0.15, 0.2) is 5.79 Å². The Morgan fingerprint density at radius 2 is 1.86 bits per heavy atom. The van der Waals surface area contributed by atoms with Crippen molar-refractivity contribution in [1.82, 2.24) is 0 Å².